The number of alkyl halides is 1. The number of Topliss-reactive ketones (excluding diaryl/α,β-unsaturated/α-hetero) is 1. The van der Waals surface area contributed by atoms with Crippen molar-refractivity contribution in [3.8, 4) is 0 Å². The second kappa shape index (κ2) is 8.66. The van der Waals surface area contributed by atoms with Gasteiger partial charge >= 0.3 is 5.97 Å². The van der Waals surface area contributed by atoms with Crippen LogP contribution in [0, 0.1) is 5.92 Å². The number of ketones is 1. The van der Waals surface area contributed by atoms with Gasteiger partial charge in [-0.2, -0.15) is 0 Å². The van der Waals surface area contributed by atoms with Crippen LogP contribution in [-0.2, 0) is 4.79 Å². The number of hydrogen-bond donors (Lipinski definition) is 2. The average molecular weight is 272 g/mol. The summed E-state index contributed by atoms with van der Waals surface area (Å²) in [5, 5.41) is 8.23. The van der Waals surface area contributed by atoms with Gasteiger partial charge in [0.05, 0.1) is 5.88 Å². The molecule has 0 aromatic heterocycles. The van der Waals surface area contributed by atoms with Gasteiger partial charge in [0.25, 0.3) is 0 Å². The molecule has 1 aromatic carbocycles. The highest BCUT2D eigenvalue weighted by Gasteiger charge is 2.14. The summed E-state index contributed by atoms with van der Waals surface area (Å²) in [5.74, 6) is -0.876. The van der Waals surface area contributed by atoms with E-state index in [1.807, 2.05) is 18.2 Å². The van der Waals surface area contributed by atoms with Gasteiger partial charge in [0.15, 0.2) is 5.78 Å². The molecule has 0 unspecified atom stereocenters. The number of carbonyl (C=O) groups excluding carboxylic acids is 1. The van der Waals surface area contributed by atoms with E-state index in [0.717, 1.165) is 0 Å². The Bertz CT molecular complexity index is 379. The Kier molecular flexibility index (Phi) is 8.00. The molecule has 0 bridgehead atoms. The molecule has 4 nitrogen and oxygen atoms in total. The topological polar surface area (TPSA) is 80.4 Å². The van der Waals surface area contributed by atoms with Crippen LogP contribution in [0.3, 0.4) is 0 Å². The smallest absolute Gasteiger partial charge is 0.320 e. The molecular formula is C13H18ClNO3. The Morgan fingerprint density at radius 2 is 1.78 bits per heavy atom. The van der Waals surface area contributed by atoms with E-state index in [9.17, 15) is 9.59 Å². The van der Waals surface area contributed by atoms with Crippen LogP contribution in [0.25, 0.3) is 0 Å². The molecule has 18 heavy (non-hydrogen) atoms. The fourth-order valence-electron chi connectivity index (χ4n) is 0.986. The summed E-state index contributed by atoms with van der Waals surface area (Å²) < 4.78 is 0. The molecule has 5 heteroatoms. The number of rotatable bonds is 4. The van der Waals surface area contributed by atoms with Crippen LogP contribution >= 0.6 is 11.6 Å². The zero-order chi connectivity index (χ0) is 14.1. The van der Waals surface area contributed by atoms with Crippen molar-refractivity contribution in [1.29, 1.82) is 0 Å². The minimum Gasteiger partial charge on any atom is -0.480 e. The van der Waals surface area contributed by atoms with Gasteiger partial charge < -0.3 is 10.8 Å². The average Bonchev–Trinajstić information content (AvgIpc) is 2.38. The highest BCUT2D eigenvalue weighted by molar-refractivity contribution is 6.30. The Hall–Kier alpha value is -1.39. The maximum atomic E-state index is 10.9. The van der Waals surface area contributed by atoms with Gasteiger partial charge in [0.2, 0.25) is 0 Å². The lowest BCUT2D eigenvalue weighted by Crippen LogP contribution is -2.34. The number of carboxylic acid groups (broad SMARTS) is 1. The van der Waals surface area contributed by atoms with Crippen LogP contribution in [0.5, 0.6) is 0 Å². The van der Waals surface area contributed by atoms with Crippen LogP contribution < -0.4 is 5.73 Å². The molecule has 1 rings (SSSR count). The quantitative estimate of drug-likeness (QED) is 0.650. The molecular weight excluding hydrogens is 254 g/mol. The van der Waals surface area contributed by atoms with E-state index < -0.39 is 12.0 Å². The van der Waals surface area contributed by atoms with Crippen molar-refractivity contribution in [1.82, 2.24) is 0 Å². The van der Waals surface area contributed by atoms with Gasteiger partial charge in [-0.1, -0.05) is 44.2 Å². The molecule has 0 spiro atoms. The van der Waals surface area contributed by atoms with Gasteiger partial charge in [-0.3, -0.25) is 9.59 Å². The standard InChI is InChI=1S/C8H7ClO.C5H11NO2/c9-6-8(10)7-4-2-1-3-5-7;1-3(2)4(6)5(7)8/h1-5H,6H2;3-4H,6H2,1-2H3,(H,7,8)/t;4-/m.0/s1. The third-order valence-electron chi connectivity index (χ3n) is 2.22. The summed E-state index contributed by atoms with van der Waals surface area (Å²) >= 11 is 5.34. The lowest BCUT2D eigenvalue weighted by Gasteiger charge is -2.07. The number of nitrogens with two attached hydrogens (primary N) is 1. The SMILES string of the molecule is CC(C)[C@H](N)C(=O)O.O=C(CCl)c1ccccc1. The molecule has 0 aliphatic heterocycles. The molecule has 0 fully saturated rings. The molecule has 1 aromatic rings. The van der Waals surface area contributed by atoms with Gasteiger partial charge in [-0.05, 0) is 5.92 Å². The number of carbonyl (C=O) groups is 2. The monoisotopic (exact) mass is 271 g/mol. The number of aliphatic carboxylic acids is 1. The summed E-state index contributed by atoms with van der Waals surface area (Å²) in [6.45, 7) is 3.55. The Labute approximate surface area is 112 Å². The van der Waals surface area contributed by atoms with Crippen LogP contribution in [0.4, 0.5) is 0 Å². The van der Waals surface area contributed by atoms with E-state index in [2.05, 4.69) is 0 Å². The van der Waals surface area contributed by atoms with Crippen molar-refractivity contribution in [3.05, 3.63) is 35.9 Å². The van der Waals surface area contributed by atoms with Crippen LogP contribution in [0.15, 0.2) is 30.3 Å². The number of halogens is 1. The van der Waals surface area contributed by atoms with E-state index in [-0.39, 0.29) is 17.6 Å². The molecule has 3 N–H and O–H groups in total. The molecule has 0 saturated heterocycles. The minimum absolute atomic E-state index is 0.0208. The van der Waals surface area contributed by atoms with Crippen molar-refractivity contribution in [2.24, 2.45) is 11.7 Å². The summed E-state index contributed by atoms with van der Waals surface area (Å²) in [5.41, 5.74) is 5.84. The first-order valence-electron chi connectivity index (χ1n) is 5.52. The summed E-state index contributed by atoms with van der Waals surface area (Å²) in [6, 6.07) is 8.30. The zero-order valence-corrected chi connectivity index (χ0v) is 11.2. The highest BCUT2D eigenvalue weighted by atomic mass is 35.5. The van der Waals surface area contributed by atoms with Gasteiger partial charge in [0.1, 0.15) is 6.04 Å². The fraction of sp³-hybridized carbons (Fsp3) is 0.385. The predicted octanol–water partition coefficient (Wildman–Crippen LogP) is 2.16. The molecule has 0 heterocycles. The third kappa shape index (κ3) is 6.37. The highest BCUT2D eigenvalue weighted by Crippen LogP contribution is 2.00. The minimum atomic E-state index is -0.931. The van der Waals surface area contributed by atoms with E-state index in [1.165, 1.54) is 0 Å². The maximum absolute atomic E-state index is 10.9. The van der Waals surface area contributed by atoms with E-state index >= 15 is 0 Å². The summed E-state index contributed by atoms with van der Waals surface area (Å²) in [4.78, 5) is 20.9. The first-order valence-corrected chi connectivity index (χ1v) is 6.06. The number of benzene rings is 1. The number of hydrogen-bond acceptors (Lipinski definition) is 3. The van der Waals surface area contributed by atoms with Gasteiger partial charge in [-0.25, -0.2) is 0 Å². The van der Waals surface area contributed by atoms with Crippen LogP contribution in [-0.4, -0.2) is 28.8 Å². The maximum Gasteiger partial charge on any atom is 0.320 e. The van der Waals surface area contributed by atoms with E-state index in [1.54, 1.807) is 26.0 Å². The molecule has 0 saturated carbocycles. The van der Waals surface area contributed by atoms with Crippen molar-refractivity contribution >= 4 is 23.4 Å². The second-order valence-corrected chi connectivity index (χ2v) is 4.30. The predicted molar refractivity (Wildman–Crippen MR) is 71.9 cm³/mol. The molecule has 0 amide bonds. The molecule has 0 aliphatic rings. The molecule has 100 valence electrons. The number of carboxylic acids is 1. The summed E-state index contributed by atoms with van der Waals surface area (Å²) in [7, 11) is 0. The second-order valence-electron chi connectivity index (χ2n) is 4.03. The van der Waals surface area contributed by atoms with Crippen molar-refractivity contribution < 1.29 is 14.7 Å². The Morgan fingerprint density at radius 3 is 2.06 bits per heavy atom. The fourth-order valence-corrected chi connectivity index (χ4v) is 1.14. The van der Waals surface area contributed by atoms with Crippen molar-refractivity contribution in [2.75, 3.05) is 5.88 Å². The lowest BCUT2D eigenvalue weighted by molar-refractivity contribution is -0.139. The van der Waals surface area contributed by atoms with E-state index in [0.29, 0.717) is 5.56 Å². The van der Waals surface area contributed by atoms with Crippen LogP contribution in [0.2, 0.25) is 0 Å². The third-order valence-corrected chi connectivity index (χ3v) is 2.46. The van der Waals surface area contributed by atoms with E-state index in [4.69, 9.17) is 22.4 Å². The first kappa shape index (κ1) is 16.6. The van der Waals surface area contributed by atoms with Gasteiger partial charge in [-0.15, -0.1) is 11.6 Å². The molecule has 1 atom stereocenters. The largest absolute Gasteiger partial charge is 0.480 e. The van der Waals surface area contributed by atoms with Gasteiger partial charge in [0, 0.05) is 5.56 Å². The lowest BCUT2D eigenvalue weighted by atomic mass is 10.1. The molecule has 0 aliphatic carbocycles. The van der Waals surface area contributed by atoms with Crippen molar-refractivity contribution in [2.45, 2.75) is 19.9 Å². The van der Waals surface area contributed by atoms with Crippen molar-refractivity contribution in [3.63, 3.8) is 0 Å². The summed E-state index contributed by atoms with van der Waals surface area (Å²) in [6.07, 6.45) is 0. The molecule has 0 radical (unpaired) electrons. The van der Waals surface area contributed by atoms with Crippen LogP contribution in [0.1, 0.15) is 24.2 Å². The zero-order valence-electron chi connectivity index (χ0n) is 10.5. The Morgan fingerprint density at radius 1 is 1.28 bits per heavy atom. The first-order chi connectivity index (χ1) is 8.40. The Balaban J connectivity index is 0.000000331. The normalized spacial score (nSPS) is 11.4.